The number of nitrogens with two attached hydrogens (primary N) is 1. The highest BCUT2D eigenvalue weighted by atomic mass is 16.3. The summed E-state index contributed by atoms with van der Waals surface area (Å²) in [4.78, 5) is 11.8. The lowest BCUT2D eigenvalue weighted by molar-refractivity contribution is 0.264. The molecule has 1 aromatic carbocycles. The number of rotatable bonds is 2. The van der Waals surface area contributed by atoms with Crippen molar-refractivity contribution in [2.24, 2.45) is 0 Å². The second-order valence-corrected chi connectivity index (χ2v) is 3.16. The van der Waals surface area contributed by atoms with Crippen LogP contribution in [0.1, 0.15) is 5.82 Å². The molecule has 1 heterocycles. The van der Waals surface area contributed by atoms with E-state index in [0.717, 1.165) is 4.68 Å². The monoisotopic (exact) mass is 218 g/mol. The van der Waals surface area contributed by atoms with Crippen LogP contribution < -0.4 is 11.4 Å². The van der Waals surface area contributed by atoms with Crippen LogP contribution in [0.15, 0.2) is 35.1 Å². The minimum atomic E-state index is -0.481. The van der Waals surface area contributed by atoms with Gasteiger partial charge in [0.2, 0.25) is 0 Å². The van der Waals surface area contributed by atoms with Gasteiger partial charge in [0.1, 0.15) is 6.61 Å². The Kier molecular flexibility index (Phi) is 2.65. The van der Waals surface area contributed by atoms with E-state index in [-0.39, 0.29) is 11.5 Å². The number of nitrogens with zero attached hydrogens (tertiary/aromatic N) is 3. The van der Waals surface area contributed by atoms with Crippen molar-refractivity contribution in [2.45, 2.75) is 6.61 Å². The standard InChI is InChI=1S/C10H10N4O2/c11-14-8(6-15)12-13-9(10(14)16)7-4-2-1-3-5-7/h1-5,15H,6,11H2. The minimum absolute atomic E-state index is 0.0321. The molecule has 2 rings (SSSR count). The number of aliphatic hydroxyl groups excluding tert-OH is 1. The van der Waals surface area contributed by atoms with Crippen LogP contribution in [-0.4, -0.2) is 20.0 Å². The van der Waals surface area contributed by atoms with E-state index in [9.17, 15) is 4.79 Å². The molecule has 1 aromatic heterocycles. The summed E-state index contributed by atoms with van der Waals surface area (Å²) in [5.41, 5.74) is 0.328. The topological polar surface area (TPSA) is 94.0 Å². The number of benzene rings is 1. The van der Waals surface area contributed by atoms with Crippen LogP contribution in [0.4, 0.5) is 0 Å². The smallest absolute Gasteiger partial charge is 0.298 e. The fourth-order valence-corrected chi connectivity index (χ4v) is 1.32. The van der Waals surface area contributed by atoms with Crippen LogP contribution in [0.5, 0.6) is 0 Å². The molecule has 0 spiro atoms. The summed E-state index contributed by atoms with van der Waals surface area (Å²) >= 11 is 0. The predicted molar refractivity (Wildman–Crippen MR) is 57.8 cm³/mol. The molecular formula is C10H10N4O2. The van der Waals surface area contributed by atoms with Gasteiger partial charge >= 0.3 is 0 Å². The molecule has 0 radical (unpaired) electrons. The molecule has 0 aliphatic rings. The highest BCUT2D eigenvalue weighted by Gasteiger charge is 2.10. The summed E-state index contributed by atoms with van der Waals surface area (Å²) in [6.45, 7) is -0.423. The number of aromatic nitrogens is 3. The Balaban J connectivity index is 2.61. The Labute approximate surface area is 91.0 Å². The summed E-state index contributed by atoms with van der Waals surface area (Å²) in [5, 5.41) is 16.3. The maximum absolute atomic E-state index is 11.8. The van der Waals surface area contributed by atoms with Crippen molar-refractivity contribution in [3.8, 4) is 11.3 Å². The number of hydrogen-bond acceptors (Lipinski definition) is 5. The maximum Gasteiger partial charge on any atom is 0.298 e. The first kappa shape index (κ1) is 10.3. The van der Waals surface area contributed by atoms with Crippen molar-refractivity contribution in [1.29, 1.82) is 0 Å². The summed E-state index contributed by atoms with van der Waals surface area (Å²) in [5.74, 6) is 5.51. The van der Waals surface area contributed by atoms with Crippen molar-refractivity contribution < 1.29 is 5.11 Å². The summed E-state index contributed by atoms with van der Waals surface area (Å²) < 4.78 is 0.801. The quantitative estimate of drug-likeness (QED) is 0.663. The lowest BCUT2D eigenvalue weighted by Gasteiger charge is -2.05. The van der Waals surface area contributed by atoms with Crippen molar-refractivity contribution in [2.75, 3.05) is 5.84 Å². The van der Waals surface area contributed by atoms with Gasteiger partial charge in [-0.15, -0.1) is 10.2 Å². The van der Waals surface area contributed by atoms with Gasteiger partial charge in [-0.3, -0.25) is 4.79 Å². The Morgan fingerprint density at radius 2 is 1.94 bits per heavy atom. The Bertz CT molecular complexity index is 550. The summed E-state index contributed by atoms with van der Waals surface area (Å²) in [6, 6.07) is 8.89. The highest BCUT2D eigenvalue weighted by molar-refractivity contribution is 5.57. The summed E-state index contributed by atoms with van der Waals surface area (Å²) in [6.07, 6.45) is 0. The van der Waals surface area contributed by atoms with Crippen molar-refractivity contribution in [3.05, 3.63) is 46.5 Å². The van der Waals surface area contributed by atoms with Crippen LogP contribution in [0.25, 0.3) is 11.3 Å². The van der Waals surface area contributed by atoms with Gasteiger partial charge in [-0.1, -0.05) is 30.3 Å². The predicted octanol–water partition coefficient (Wildman–Crippen LogP) is -0.489. The molecule has 0 unspecified atom stereocenters. The van der Waals surface area contributed by atoms with E-state index in [2.05, 4.69) is 10.2 Å². The molecule has 0 saturated heterocycles. The van der Waals surface area contributed by atoms with Crippen LogP contribution in [-0.2, 0) is 6.61 Å². The molecule has 2 aromatic rings. The van der Waals surface area contributed by atoms with Gasteiger partial charge in [-0.05, 0) is 0 Å². The molecule has 0 aliphatic heterocycles. The molecule has 0 saturated carbocycles. The van der Waals surface area contributed by atoms with Gasteiger partial charge in [0, 0.05) is 5.56 Å². The lowest BCUT2D eigenvalue weighted by Crippen LogP contribution is -2.33. The molecule has 82 valence electrons. The summed E-state index contributed by atoms with van der Waals surface area (Å²) in [7, 11) is 0. The Morgan fingerprint density at radius 1 is 1.25 bits per heavy atom. The fraction of sp³-hybridized carbons (Fsp3) is 0.100. The molecule has 0 aliphatic carbocycles. The third kappa shape index (κ3) is 1.66. The van der Waals surface area contributed by atoms with Crippen molar-refractivity contribution in [3.63, 3.8) is 0 Å². The van der Waals surface area contributed by atoms with Gasteiger partial charge in [-0.25, -0.2) is 4.68 Å². The normalized spacial score (nSPS) is 10.3. The zero-order valence-corrected chi connectivity index (χ0v) is 8.37. The van der Waals surface area contributed by atoms with Crippen LogP contribution in [0.3, 0.4) is 0 Å². The SMILES string of the molecule is Nn1c(CO)nnc(-c2ccccc2)c1=O. The van der Waals surface area contributed by atoms with E-state index >= 15 is 0 Å². The van der Waals surface area contributed by atoms with Gasteiger partial charge < -0.3 is 10.9 Å². The zero-order chi connectivity index (χ0) is 11.5. The average Bonchev–Trinajstić information content (AvgIpc) is 2.34. The van der Waals surface area contributed by atoms with Gasteiger partial charge in [0.25, 0.3) is 5.56 Å². The van der Waals surface area contributed by atoms with Crippen molar-refractivity contribution >= 4 is 0 Å². The van der Waals surface area contributed by atoms with E-state index in [1.54, 1.807) is 24.3 Å². The third-order valence-corrected chi connectivity index (χ3v) is 2.15. The van der Waals surface area contributed by atoms with Crippen LogP contribution in [0, 0.1) is 0 Å². The molecule has 3 N–H and O–H groups in total. The molecule has 0 amide bonds. The van der Waals surface area contributed by atoms with E-state index in [1.807, 2.05) is 6.07 Å². The maximum atomic E-state index is 11.8. The number of aliphatic hydroxyl groups is 1. The molecule has 0 fully saturated rings. The Morgan fingerprint density at radius 3 is 2.56 bits per heavy atom. The van der Waals surface area contributed by atoms with Gasteiger partial charge in [-0.2, -0.15) is 0 Å². The van der Waals surface area contributed by atoms with Crippen LogP contribution >= 0.6 is 0 Å². The molecule has 16 heavy (non-hydrogen) atoms. The first-order chi connectivity index (χ1) is 7.74. The van der Waals surface area contributed by atoms with E-state index in [1.165, 1.54) is 0 Å². The second-order valence-electron chi connectivity index (χ2n) is 3.16. The Hall–Kier alpha value is -2.21. The largest absolute Gasteiger partial charge is 0.388 e. The average molecular weight is 218 g/mol. The molecule has 0 atom stereocenters. The minimum Gasteiger partial charge on any atom is -0.388 e. The lowest BCUT2D eigenvalue weighted by atomic mass is 10.2. The van der Waals surface area contributed by atoms with E-state index in [0.29, 0.717) is 5.56 Å². The van der Waals surface area contributed by atoms with Crippen molar-refractivity contribution in [1.82, 2.24) is 14.9 Å². The highest BCUT2D eigenvalue weighted by Crippen LogP contribution is 2.10. The van der Waals surface area contributed by atoms with E-state index in [4.69, 9.17) is 10.9 Å². The first-order valence-electron chi connectivity index (χ1n) is 4.64. The van der Waals surface area contributed by atoms with Gasteiger partial charge in [0.05, 0.1) is 0 Å². The number of hydrogen-bond donors (Lipinski definition) is 2. The van der Waals surface area contributed by atoms with Gasteiger partial charge in [0.15, 0.2) is 11.5 Å². The zero-order valence-electron chi connectivity index (χ0n) is 8.37. The molecule has 0 bridgehead atoms. The third-order valence-electron chi connectivity index (χ3n) is 2.15. The fourth-order valence-electron chi connectivity index (χ4n) is 1.32. The molecule has 6 heteroatoms. The number of nitrogen functional groups attached to an aromatic ring is 1. The second kappa shape index (κ2) is 4.11. The first-order valence-corrected chi connectivity index (χ1v) is 4.64. The van der Waals surface area contributed by atoms with E-state index < -0.39 is 12.2 Å². The molecular weight excluding hydrogens is 208 g/mol. The van der Waals surface area contributed by atoms with Crippen LogP contribution in [0.2, 0.25) is 0 Å². The molecule has 6 nitrogen and oxygen atoms in total.